The van der Waals surface area contributed by atoms with E-state index in [1.807, 2.05) is 207 Å². The zero-order valence-electron chi connectivity index (χ0n) is 40.8. The minimum atomic E-state index is -5.03. The predicted molar refractivity (Wildman–Crippen MR) is 291 cm³/mol. The molecule has 362 valence electrons. The van der Waals surface area contributed by atoms with Crippen molar-refractivity contribution in [1.29, 1.82) is 0 Å². The van der Waals surface area contributed by atoms with Crippen LogP contribution < -0.4 is 0 Å². The van der Waals surface area contributed by atoms with Crippen LogP contribution in [0.1, 0.15) is 33.4 Å². The van der Waals surface area contributed by atoms with Gasteiger partial charge >= 0.3 is 12.4 Å². The van der Waals surface area contributed by atoms with E-state index in [1.54, 1.807) is 0 Å². The van der Waals surface area contributed by atoms with Gasteiger partial charge in [0.15, 0.2) is 0 Å². The van der Waals surface area contributed by atoms with Gasteiger partial charge in [0.25, 0.3) is 0 Å². The fourth-order valence-electron chi connectivity index (χ4n) is 11.1. The fourth-order valence-corrected chi connectivity index (χ4v) is 11.1. The number of alkyl halides is 6. The van der Waals surface area contributed by atoms with Crippen molar-refractivity contribution >= 4 is 43.6 Å². The highest BCUT2D eigenvalue weighted by molar-refractivity contribution is 6.13. The van der Waals surface area contributed by atoms with Gasteiger partial charge in [-0.2, -0.15) is 26.3 Å². The van der Waals surface area contributed by atoms with E-state index < -0.39 is 34.6 Å². The minimum Gasteiger partial charge on any atom is -0.309 e. The summed E-state index contributed by atoms with van der Waals surface area (Å²) in [5.41, 5.74) is 11.4. The molecule has 8 heteroatoms. The second-order valence-electron chi connectivity index (χ2n) is 19.3. The molecule has 2 aromatic heterocycles. The molecule has 0 amide bonds. The fraction of sp³-hybridized carbons (Fsp3) is 0.0909. The smallest absolute Gasteiger partial charge is 0.309 e. The molecule has 10 aromatic carbocycles. The molecular weight excluding hydrogens is 935 g/mol. The van der Waals surface area contributed by atoms with Gasteiger partial charge in [0.05, 0.1) is 33.2 Å². The van der Waals surface area contributed by atoms with Crippen molar-refractivity contribution in [2.45, 2.75) is 40.0 Å². The zero-order valence-corrected chi connectivity index (χ0v) is 40.8. The number of rotatable bonds is 7. The van der Waals surface area contributed by atoms with Crippen LogP contribution in [0.15, 0.2) is 206 Å². The number of nitrogens with zero attached hydrogens (tertiary/aromatic N) is 2. The Kier molecular flexibility index (Phi) is 11.0. The summed E-state index contributed by atoms with van der Waals surface area (Å²) in [4.78, 5) is 0. The largest absolute Gasteiger partial charge is 0.417 e. The van der Waals surface area contributed by atoms with Gasteiger partial charge in [-0.3, -0.25) is 0 Å². The summed E-state index contributed by atoms with van der Waals surface area (Å²) < 4.78 is 97.8. The Morgan fingerprint density at radius 3 is 0.770 bits per heavy atom. The van der Waals surface area contributed by atoms with E-state index in [0.29, 0.717) is 22.1 Å². The maximum Gasteiger partial charge on any atom is 0.417 e. The molecule has 0 unspecified atom stereocenters. The van der Waals surface area contributed by atoms with E-state index in [1.165, 1.54) is 24.3 Å². The lowest BCUT2D eigenvalue weighted by atomic mass is 9.93. The van der Waals surface area contributed by atoms with Crippen molar-refractivity contribution < 1.29 is 26.3 Å². The number of hydrogen-bond acceptors (Lipinski definition) is 0. The van der Waals surface area contributed by atoms with Crippen LogP contribution in [0.2, 0.25) is 0 Å². The van der Waals surface area contributed by atoms with Crippen molar-refractivity contribution in [2.75, 3.05) is 0 Å². The van der Waals surface area contributed by atoms with Crippen molar-refractivity contribution in [3.05, 3.63) is 240 Å². The van der Waals surface area contributed by atoms with Gasteiger partial charge in [-0.1, -0.05) is 146 Å². The highest BCUT2D eigenvalue weighted by Crippen LogP contribution is 2.47. The number of aryl methyl sites for hydroxylation is 4. The highest BCUT2D eigenvalue weighted by Gasteiger charge is 2.39. The third-order valence-corrected chi connectivity index (χ3v) is 14.8. The third kappa shape index (κ3) is 7.84. The van der Waals surface area contributed by atoms with Gasteiger partial charge in [-0.25, -0.2) is 0 Å². The van der Waals surface area contributed by atoms with Crippen LogP contribution in [0, 0.1) is 27.7 Å². The summed E-state index contributed by atoms with van der Waals surface area (Å²) >= 11 is 0. The van der Waals surface area contributed by atoms with Crippen LogP contribution in [0.3, 0.4) is 0 Å². The Morgan fingerprint density at radius 2 is 0.527 bits per heavy atom. The van der Waals surface area contributed by atoms with Gasteiger partial charge < -0.3 is 9.13 Å². The van der Waals surface area contributed by atoms with E-state index in [-0.39, 0.29) is 11.4 Å². The van der Waals surface area contributed by atoms with Crippen LogP contribution >= 0.6 is 0 Å². The molecule has 0 saturated heterocycles. The van der Waals surface area contributed by atoms with Gasteiger partial charge in [0.2, 0.25) is 0 Å². The van der Waals surface area contributed by atoms with Crippen molar-refractivity contribution in [3.8, 4) is 67.0 Å². The lowest BCUT2D eigenvalue weighted by molar-refractivity contribution is -0.139. The van der Waals surface area contributed by atoms with E-state index in [9.17, 15) is 0 Å². The van der Waals surface area contributed by atoms with Gasteiger partial charge in [-0.15, -0.1) is 0 Å². The molecule has 0 aliphatic heterocycles. The summed E-state index contributed by atoms with van der Waals surface area (Å²) in [5, 5.41) is 3.37. The molecule has 2 nitrogen and oxygen atoms in total. The molecule has 12 aromatic rings. The molecule has 0 fully saturated rings. The molecular formula is C66H46F6N2. The molecule has 0 radical (unpaired) electrons. The number of hydrogen-bond donors (Lipinski definition) is 0. The van der Waals surface area contributed by atoms with Crippen LogP contribution in [-0.4, -0.2) is 9.13 Å². The molecule has 0 atom stereocenters. The van der Waals surface area contributed by atoms with Gasteiger partial charge in [0, 0.05) is 32.9 Å². The minimum absolute atomic E-state index is 0.276. The van der Waals surface area contributed by atoms with Crippen LogP contribution in [-0.2, 0) is 12.4 Å². The van der Waals surface area contributed by atoms with E-state index in [2.05, 4.69) is 0 Å². The van der Waals surface area contributed by atoms with Crippen molar-refractivity contribution in [1.82, 2.24) is 9.13 Å². The molecule has 12 rings (SSSR count). The topological polar surface area (TPSA) is 9.86 Å². The van der Waals surface area contributed by atoms with Crippen LogP contribution in [0.5, 0.6) is 0 Å². The SMILES string of the molecule is Cc1ccccc1-c1ccc2c3ccc(-c4ccccc4C)cc3n(-c3ccc(C(F)(F)F)c(-c4cc(-n5c6cc(-c7ccccc7C)ccc6c6ccc(-c7ccccc7C)cc65)ccc4C(F)(F)F)c3)c2c1. The van der Waals surface area contributed by atoms with Crippen molar-refractivity contribution in [3.63, 3.8) is 0 Å². The van der Waals surface area contributed by atoms with Crippen LogP contribution in [0.4, 0.5) is 26.3 Å². The highest BCUT2D eigenvalue weighted by atomic mass is 19.4. The van der Waals surface area contributed by atoms with E-state index >= 15 is 26.3 Å². The first-order valence-corrected chi connectivity index (χ1v) is 24.5. The first-order chi connectivity index (χ1) is 35.6. The molecule has 0 aliphatic carbocycles. The quantitative estimate of drug-likeness (QED) is 0.141. The Bertz CT molecular complexity index is 3750. The summed E-state index contributed by atoms with van der Waals surface area (Å²) in [7, 11) is 0. The lowest BCUT2D eigenvalue weighted by Gasteiger charge is -2.21. The maximum absolute atomic E-state index is 15.7. The number of fused-ring (bicyclic) bond motifs is 6. The molecule has 2 heterocycles. The molecule has 74 heavy (non-hydrogen) atoms. The number of halogens is 6. The molecule has 0 saturated carbocycles. The van der Waals surface area contributed by atoms with E-state index in [0.717, 1.165) is 100 Å². The summed E-state index contributed by atoms with van der Waals surface area (Å²) in [6, 6.07) is 63.2. The standard InChI is InChI=1S/C66H46F6N2/c1-39-13-5-9-17-49(39)43-21-27-53-54-28-22-44(50-18-10-6-14-40(50)2)34-62(54)73(61(53)33-43)47-25-31-59(65(67,68)69)57(37-47)58-38-48(26-32-60(58)66(70,71)72)74-63-35-45(51-19-11-7-15-41(51)3)23-29-55(63)56-30-24-46(36-64(56)74)52-20-12-8-16-42(52)4/h5-38H,1-4H3. The molecule has 0 N–H and O–H groups in total. The summed E-state index contributed by atoms with van der Waals surface area (Å²) in [5.74, 6) is 0. The van der Waals surface area contributed by atoms with Gasteiger partial charge in [-0.05, 0) is 166 Å². The molecule has 0 spiro atoms. The Labute approximate surface area is 424 Å². The second kappa shape index (κ2) is 17.6. The summed E-state index contributed by atoms with van der Waals surface area (Å²) in [6.07, 6.45) is -10.1. The van der Waals surface area contributed by atoms with Crippen LogP contribution in [0.25, 0.3) is 111 Å². The average Bonchev–Trinajstić information content (AvgIpc) is 3.89. The molecule has 0 bridgehead atoms. The molecule has 0 aliphatic rings. The summed E-state index contributed by atoms with van der Waals surface area (Å²) in [6.45, 7) is 8.07. The van der Waals surface area contributed by atoms with E-state index in [4.69, 9.17) is 0 Å². The monoisotopic (exact) mass is 980 g/mol. The average molecular weight is 981 g/mol. The normalized spacial score (nSPS) is 12.2. The van der Waals surface area contributed by atoms with Gasteiger partial charge in [0.1, 0.15) is 0 Å². The third-order valence-electron chi connectivity index (χ3n) is 14.8. The Morgan fingerprint density at radius 1 is 0.270 bits per heavy atom. The lowest BCUT2D eigenvalue weighted by Crippen LogP contribution is -2.12. The Hall–Kier alpha value is -8.62. The van der Waals surface area contributed by atoms with Crippen molar-refractivity contribution in [2.24, 2.45) is 0 Å². The Balaban J connectivity index is 1.15. The maximum atomic E-state index is 15.7. The zero-order chi connectivity index (χ0) is 51.2. The number of aromatic nitrogens is 2. The predicted octanol–water partition coefficient (Wildman–Crippen LogP) is 19.5. The first kappa shape index (κ1) is 46.5. The second-order valence-corrected chi connectivity index (χ2v) is 19.3. The first-order valence-electron chi connectivity index (χ1n) is 24.5. The number of benzene rings is 10.